The van der Waals surface area contributed by atoms with Crippen molar-refractivity contribution in [2.75, 3.05) is 18.1 Å². The van der Waals surface area contributed by atoms with Gasteiger partial charge in [-0.2, -0.15) is 4.68 Å². The van der Waals surface area contributed by atoms with Gasteiger partial charge in [-0.25, -0.2) is 0 Å². The average Bonchev–Trinajstić information content (AvgIpc) is 2.32. The van der Waals surface area contributed by atoms with Crippen LogP contribution in [0.1, 0.15) is 19.0 Å². The zero-order valence-electron chi connectivity index (χ0n) is 9.77. The fraction of sp³-hybridized carbons (Fsp3) is 0.556. The van der Waals surface area contributed by atoms with Crippen molar-refractivity contribution in [1.29, 1.82) is 0 Å². The van der Waals surface area contributed by atoms with Crippen molar-refractivity contribution >= 4 is 17.7 Å². The van der Waals surface area contributed by atoms with Crippen molar-refractivity contribution in [2.24, 2.45) is 0 Å². The molecule has 0 aliphatic carbocycles. The molecular formula is C9H15N5O2S. The summed E-state index contributed by atoms with van der Waals surface area (Å²) >= 11 is 1.08. The van der Waals surface area contributed by atoms with Gasteiger partial charge >= 0.3 is 0 Å². The highest BCUT2D eigenvalue weighted by Gasteiger charge is 2.09. The minimum absolute atomic E-state index is 0.119. The first-order valence-electron chi connectivity index (χ1n) is 5.17. The van der Waals surface area contributed by atoms with Crippen LogP contribution in [0, 0.1) is 6.92 Å². The van der Waals surface area contributed by atoms with E-state index in [4.69, 9.17) is 5.84 Å². The van der Waals surface area contributed by atoms with E-state index in [9.17, 15) is 9.59 Å². The molecule has 17 heavy (non-hydrogen) atoms. The zero-order chi connectivity index (χ0) is 12.8. The van der Waals surface area contributed by atoms with E-state index < -0.39 is 5.56 Å². The number of nitrogens with two attached hydrogens (primary N) is 1. The Morgan fingerprint density at radius 3 is 2.88 bits per heavy atom. The molecule has 0 saturated carbocycles. The fourth-order valence-corrected chi connectivity index (χ4v) is 1.70. The number of carbonyl (C=O) groups excluding carboxylic acids is 1. The summed E-state index contributed by atoms with van der Waals surface area (Å²) < 4.78 is 0.903. The molecule has 7 nitrogen and oxygen atoms in total. The Balaban J connectivity index is 2.61. The maximum Gasteiger partial charge on any atom is 0.294 e. The Hall–Kier alpha value is -1.57. The maximum absolute atomic E-state index is 11.4. The van der Waals surface area contributed by atoms with Crippen LogP contribution in [0.4, 0.5) is 0 Å². The van der Waals surface area contributed by atoms with Gasteiger partial charge in [0.05, 0.1) is 5.75 Å². The van der Waals surface area contributed by atoms with Crippen LogP contribution in [0.3, 0.4) is 0 Å². The molecule has 1 rings (SSSR count). The van der Waals surface area contributed by atoms with Gasteiger partial charge in [-0.05, 0) is 13.3 Å². The molecule has 0 radical (unpaired) electrons. The summed E-state index contributed by atoms with van der Waals surface area (Å²) in [7, 11) is 0. The van der Waals surface area contributed by atoms with Crippen LogP contribution in [0.15, 0.2) is 9.95 Å². The molecule has 0 saturated heterocycles. The molecule has 0 aliphatic heterocycles. The molecule has 0 aliphatic rings. The van der Waals surface area contributed by atoms with E-state index in [1.807, 2.05) is 6.92 Å². The molecule has 0 aromatic carbocycles. The smallest absolute Gasteiger partial charge is 0.294 e. The third kappa shape index (κ3) is 3.74. The first-order valence-corrected chi connectivity index (χ1v) is 6.15. The Morgan fingerprint density at radius 1 is 1.53 bits per heavy atom. The Morgan fingerprint density at radius 2 is 2.24 bits per heavy atom. The normalized spacial score (nSPS) is 10.2. The highest BCUT2D eigenvalue weighted by Crippen LogP contribution is 2.10. The molecule has 3 N–H and O–H groups in total. The lowest BCUT2D eigenvalue weighted by Crippen LogP contribution is -2.33. The van der Waals surface area contributed by atoms with Gasteiger partial charge in [-0.15, -0.1) is 10.2 Å². The van der Waals surface area contributed by atoms with E-state index in [0.717, 1.165) is 22.9 Å². The molecule has 0 spiro atoms. The predicted octanol–water partition coefficient (Wildman–Crippen LogP) is -0.721. The molecule has 94 valence electrons. The number of nitrogens with one attached hydrogen (secondary N) is 1. The van der Waals surface area contributed by atoms with Crippen LogP contribution in [0.5, 0.6) is 0 Å². The van der Waals surface area contributed by atoms with Crippen molar-refractivity contribution in [3.63, 3.8) is 0 Å². The lowest BCUT2D eigenvalue weighted by molar-refractivity contribution is -0.118. The van der Waals surface area contributed by atoms with Crippen LogP contribution in [0.25, 0.3) is 0 Å². The summed E-state index contributed by atoms with van der Waals surface area (Å²) in [5.74, 6) is 5.56. The van der Waals surface area contributed by atoms with Gasteiger partial charge in [0.15, 0.2) is 0 Å². The monoisotopic (exact) mass is 257 g/mol. The summed E-state index contributed by atoms with van der Waals surface area (Å²) in [6.45, 7) is 4.13. The number of hydrogen-bond donors (Lipinski definition) is 2. The second-order valence-corrected chi connectivity index (χ2v) is 4.32. The number of nitrogen functional groups attached to an aromatic ring is 1. The van der Waals surface area contributed by atoms with Gasteiger partial charge in [0.25, 0.3) is 5.56 Å². The maximum atomic E-state index is 11.4. The van der Waals surface area contributed by atoms with Gasteiger partial charge in [0.2, 0.25) is 11.1 Å². The number of hydrogen-bond acceptors (Lipinski definition) is 6. The van der Waals surface area contributed by atoms with Crippen LogP contribution in [0.2, 0.25) is 0 Å². The van der Waals surface area contributed by atoms with Crippen molar-refractivity contribution in [1.82, 2.24) is 20.2 Å². The number of rotatable bonds is 5. The highest BCUT2D eigenvalue weighted by molar-refractivity contribution is 7.99. The number of amides is 1. The number of nitrogens with zero attached hydrogens (tertiary/aromatic N) is 3. The van der Waals surface area contributed by atoms with E-state index in [1.165, 1.54) is 6.92 Å². The summed E-state index contributed by atoms with van der Waals surface area (Å²) in [6.07, 6.45) is 0.877. The minimum Gasteiger partial charge on any atom is -0.355 e. The van der Waals surface area contributed by atoms with Crippen LogP contribution in [-0.4, -0.2) is 33.1 Å². The molecule has 1 amide bonds. The summed E-state index contributed by atoms with van der Waals surface area (Å²) in [4.78, 5) is 22.8. The second kappa shape index (κ2) is 6.24. The number of aromatic nitrogens is 3. The first kappa shape index (κ1) is 13.5. The molecule has 1 aromatic heterocycles. The summed E-state index contributed by atoms with van der Waals surface area (Å²) in [5.41, 5.74) is -0.177. The molecule has 0 unspecified atom stereocenters. The molecule has 0 atom stereocenters. The molecular weight excluding hydrogens is 242 g/mol. The van der Waals surface area contributed by atoms with Crippen LogP contribution >= 0.6 is 11.8 Å². The Labute approximate surface area is 103 Å². The van der Waals surface area contributed by atoms with Crippen molar-refractivity contribution in [3.8, 4) is 0 Å². The molecule has 0 bridgehead atoms. The van der Waals surface area contributed by atoms with E-state index in [2.05, 4.69) is 15.5 Å². The average molecular weight is 257 g/mol. The quantitative estimate of drug-likeness (QED) is 0.533. The molecule has 8 heteroatoms. The van der Waals surface area contributed by atoms with E-state index >= 15 is 0 Å². The lowest BCUT2D eigenvalue weighted by atomic mass is 10.5. The number of thioether (sulfide) groups is 1. The van der Waals surface area contributed by atoms with Gasteiger partial charge in [-0.1, -0.05) is 18.7 Å². The van der Waals surface area contributed by atoms with Gasteiger partial charge in [-0.3, -0.25) is 9.59 Å². The molecule has 1 aromatic rings. The van der Waals surface area contributed by atoms with Crippen LogP contribution < -0.4 is 16.7 Å². The summed E-state index contributed by atoms with van der Waals surface area (Å²) in [6, 6.07) is 0. The Kier molecular flexibility index (Phi) is 4.95. The SMILES string of the molecule is CCCNC(=O)CSc1nnc(C)c(=O)n1N. The largest absolute Gasteiger partial charge is 0.355 e. The van der Waals surface area contributed by atoms with E-state index in [0.29, 0.717) is 6.54 Å². The van der Waals surface area contributed by atoms with Crippen molar-refractivity contribution in [2.45, 2.75) is 25.4 Å². The van der Waals surface area contributed by atoms with Gasteiger partial charge in [0, 0.05) is 6.54 Å². The third-order valence-electron chi connectivity index (χ3n) is 1.92. The van der Waals surface area contributed by atoms with Gasteiger partial charge in [0.1, 0.15) is 5.69 Å². The molecule has 1 heterocycles. The standard InChI is InChI=1S/C9H15N5O2S/c1-3-4-11-7(15)5-17-9-13-12-6(2)8(16)14(9)10/h3-5,10H2,1-2H3,(H,11,15). The second-order valence-electron chi connectivity index (χ2n) is 3.38. The lowest BCUT2D eigenvalue weighted by Gasteiger charge is -2.06. The number of aryl methyl sites for hydroxylation is 1. The topological polar surface area (TPSA) is 103 Å². The fourth-order valence-electron chi connectivity index (χ4n) is 1.01. The molecule has 0 fully saturated rings. The number of carbonyl (C=O) groups is 1. The summed E-state index contributed by atoms with van der Waals surface area (Å²) in [5, 5.41) is 10.4. The minimum atomic E-state index is -0.406. The van der Waals surface area contributed by atoms with Crippen LogP contribution in [-0.2, 0) is 4.79 Å². The Bertz CT molecular complexity index is 459. The van der Waals surface area contributed by atoms with E-state index in [1.54, 1.807) is 0 Å². The van der Waals surface area contributed by atoms with Crippen molar-refractivity contribution < 1.29 is 4.79 Å². The third-order valence-corrected chi connectivity index (χ3v) is 2.87. The van der Waals surface area contributed by atoms with E-state index in [-0.39, 0.29) is 22.5 Å². The zero-order valence-corrected chi connectivity index (χ0v) is 10.6. The first-order chi connectivity index (χ1) is 8.06. The predicted molar refractivity (Wildman–Crippen MR) is 65.2 cm³/mol. The van der Waals surface area contributed by atoms with Gasteiger partial charge < -0.3 is 11.2 Å². The van der Waals surface area contributed by atoms with Crippen molar-refractivity contribution in [3.05, 3.63) is 16.0 Å². The highest BCUT2D eigenvalue weighted by atomic mass is 32.2.